The summed E-state index contributed by atoms with van der Waals surface area (Å²) in [5.74, 6) is 3.62. The highest BCUT2D eigenvalue weighted by molar-refractivity contribution is 7.99. The molecule has 1 aromatic rings. The van der Waals surface area contributed by atoms with Crippen LogP contribution in [0.2, 0.25) is 5.28 Å². The van der Waals surface area contributed by atoms with Crippen molar-refractivity contribution < 1.29 is 4.74 Å². The highest BCUT2D eigenvalue weighted by atomic mass is 35.5. The fourth-order valence-electron chi connectivity index (χ4n) is 1.58. The lowest BCUT2D eigenvalue weighted by atomic mass is 10.1. The molecule has 7 heteroatoms. The van der Waals surface area contributed by atoms with Crippen LogP contribution in [0.4, 0.5) is 5.95 Å². The molecule has 1 aromatic heterocycles. The van der Waals surface area contributed by atoms with Crippen molar-refractivity contribution in [2.24, 2.45) is 5.92 Å². The van der Waals surface area contributed by atoms with Crippen LogP contribution in [0.1, 0.15) is 13.3 Å². The molecule has 0 spiro atoms. The number of hydrogen-bond acceptors (Lipinski definition) is 6. The van der Waals surface area contributed by atoms with Gasteiger partial charge in [0.1, 0.15) is 0 Å². The Morgan fingerprint density at radius 2 is 2.35 bits per heavy atom. The van der Waals surface area contributed by atoms with Gasteiger partial charge >= 0.3 is 6.01 Å². The zero-order valence-corrected chi connectivity index (χ0v) is 11.2. The summed E-state index contributed by atoms with van der Waals surface area (Å²) in [5, 5.41) is 3.35. The number of aromatic nitrogens is 3. The first-order valence-electron chi connectivity index (χ1n) is 5.64. The highest BCUT2D eigenvalue weighted by Crippen LogP contribution is 2.23. The molecule has 1 aliphatic heterocycles. The molecule has 2 heterocycles. The average Bonchev–Trinajstić information content (AvgIpc) is 2.79. The molecule has 1 unspecified atom stereocenters. The van der Waals surface area contributed by atoms with E-state index in [1.54, 1.807) is 0 Å². The van der Waals surface area contributed by atoms with Gasteiger partial charge in [0.15, 0.2) is 0 Å². The molecule has 0 aliphatic carbocycles. The summed E-state index contributed by atoms with van der Waals surface area (Å²) < 4.78 is 5.21. The minimum atomic E-state index is 0.159. The fourth-order valence-corrected chi connectivity index (χ4v) is 3.02. The van der Waals surface area contributed by atoms with Crippen molar-refractivity contribution in [3.05, 3.63) is 5.28 Å². The van der Waals surface area contributed by atoms with E-state index in [9.17, 15) is 0 Å². The van der Waals surface area contributed by atoms with Crippen LogP contribution in [0.25, 0.3) is 0 Å². The number of halogens is 1. The maximum atomic E-state index is 5.79. The van der Waals surface area contributed by atoms with Gasteiger partial charge in [-0.05, 0) is 42.4 Å². The van der Waals surface area contributed by atoms with Crippen molar-refractivity contribution in [1.82, 2.24) is 15.0 Å². The lowest BCUT2D eigenvalue weighted by Gasteiger charge is -2.10. The molecule has 1 fully saturated rings. The third kappa shape index (κ3) is 3.89. The van der Waals surface area contributed by atoms with Gasteiger partial charge in [-0.1, -0.05) is 0 Å². The van der Waals surface area contributed by atoms with Gasteiger partial charge in [-0.15, -0.1) is 0 Å². The van der Waals surface area contributed by atoms with E-state index in [0.29, 0.717) is 18.5 Å². The summed E-state index contributed by atoms with van der Waals surface area (Å²) in [6, 6.07) is 0.274. The first-order valence-corrected chi connectivity index (χ1v) is 7.17. The summed E-state index contributed by atoms with van der Waals surface area (Å²) in [5.41, 5.74) is 0. The van der Waals surface area contributed by atoms with Crippen LogP contribution < -0.4 is 10.1 Å². The summed E-state index contributed by atoms with van der Waals surface area (Å²) in [7, 11) is 0. The summed E-state index contributed by atoms with van der Waals surface area (Å²) in [6.07, 6.45) is 1.24. The molecule has 1 saturated heterocycles. The summed E-state index contributed by atoms with van der Waals surface area (Å²) >= 11 is 7.78. The van der Waals surface area contributed by atoms with E-state index in [4.69, 9.17) is 16.3 Å². The lowest BCUT2D eigenvalue weighted by Crippen LogP contribution is -2.15. The van der Waals surface area contributed by atoms with Crippen LogP contribution in [-0.4, -0.2) is 39.6 Å². The van der Waals surface area contributed by atoms with E-state index < -0.39 is 0 Å². The third-order valence-corrected chi connectivity index (χ3v) is 3.83. The van der Waals surface area contributed by atoms with Crippen molar-refractivity contribution in [2.45, 2.75) is 13.3 Å². The number of thioether (sulfide) groups is 1. The predicted octanol–water partition coefficient (Wildman–Crippen LogP) is 2.09. The summed E-state index contributed by atoms with van der Waals surface area (Å²) in [6.45, 7) is 3.26. The van der Waals surface area contributed by atoms with Crippen molar-refractivity contribution in [3.8, 4) is 6.01 Å². The highest BCUT2D eigenvalue weighted by Gasteiger charge is 2.15. The second-order valence-corrected chi connectivity index (χ2v) is 5.24. The second-order valence-electron chi connectivity index (χ2n) is 3.75. The Morgan fingerprint density at radius 3 is 3.06 bits per heavy atom. The van der Waals surface area contributed by atoms with Gasteiger partial charge < -0.3 is 10.1 Å². The Hall–Kier alpha value is -0.750. The molecular formula is C10H15ClN4OS. The van der Waals surface area contributed by atoms with Gasteiger partial charge in [-0.2, -0.15) is 26.7 Å². The molecule has 94 valence electrons. The van der Waals surface area contributed by atoms with Gasteiger partial charge in [0.2, 0.25) is 11.2 Å². The van der Waals surface area contributed by atoms with Crippen molar-refractivity contribution in [2.75, 3.05) is 30.0 Å². The Labute approximate surface area is 110 Å². The SMILES string of the molecule is CCOc1nc(Cl)nc(NCC2CCSC2)n1. The number of anilines is 1. The van der Waals surface area contributed by atoms with E-state index in [1.807, 2.05) is 18.7 Å². The maximum Gasteiger partial charge on any atom is 0.322 e. The minimum absolute atomic E-state index is 0.159. The number of ether oxygens (including phenoxy) is 1. The second kappa shape index (κ2) is 6.26. The van der Waals surface area contributed by atoms with Crippen LogP contribution in [0.15, 0.2) is 0 Å². The average molecular weight is 275 g/mol. The monoisotopic (exact) mass is 274 g/mol. The van der Waals surface area contributed by atoms with Crippen LogP contribution in [0.3, 0.4) is 0 Å². The predicted molar refractivity (Wildman–Crippen MR) is 69.9 cm³/mol. The van der Waals surface area contributed by atoms with Gasteiger partial charge in [-0.25, -0.2) is 0 Å². The number of hydrogen-bond donors (Lipinski definition) is 1. The number of nitrogens with one attached hydrogen (secondary N) is 1. The van der Waals surface area contributed by atoms with E-state index in [2.05, 4.69) is 20.3 Å². The minimum Gasteiger partial charge on any atom is -0.464 e. The molecule has 5 nitrogen and oxygen atoms in total. The smallest absolute Gasteiger partial charge is 0.322 e. The molecule has 1 aliphatic rings. The fraction of sp³-hybridized carbons (Fsp3) is 0.700. The van der Waals surface area contributed by atoms with E-state index in [-0.39, 0.29) is 11.3 Å². The maximum absolute atomic E-state index is 5.79. The van der Waals surface area contributed by atoms with E-state index >= 15 is 0 Å². The third-order valence-electron chi connectivity index (χ3n) is 2.43. The van der Waals surface area contributed by atoms with Crippen LogP contribution in [-0.2, 0) is 0 Å². The number of nitrogens with zero attached hydrogens (tertiary/aromatic N) is 3. The van der Waals surface area contributed by atoms with Gasteiger partial charge in [0.25, 0.3) is 0 Å². The molecule has 17 heavy (non-hydrogen) atoms. The van der Waals surface area contributed by atoms with Gasteiger partial charge in [-0.3, -0.25) is 0 Å². The van der Waals surface area contributed by atoms with E-state index in [0.717, 1.165) is 6.54 Å². The first kappa shape index (κ1) is 12.7. The normalized spacial score (nSPS) is 19.3. The Kier molecular flexibility index (Phi) is 4.67. The Morgan fingerprint density at radius 1 is 1.47 bits per heavy atom. The van der Waals surface area contributed by atoms with Crippen molar-refractivity contribution in [1.29, 1.82) is 0 Å². The molecular weight excluding hydrogens is 260 g/mol. The largest absolute Gasteiger partial charge is 0.464 e. The summed E-state index contributed by atoms with van der Waals surface area (Å²) in [4.78, 5) is 12.0. The standard InChI is InChI=1S/C10H15ClN4OS/c1-2-16-10-14-8(11)13-9(15-10)12-5-7-3-4-17-6-7/h7H,2-6H2,1H3,(H,12,13,14,15). The zero-order valence-electron chi connectivity index (χ0n) is 9.65. The lowest BCUT2D eigenvalue weighted by molar-refractivity contribution is 0.312. The molecule has 0 saturated carbocycles. The molecule has 1 N–H and O–H groups in total. The van der Waals surface area contributed by atoms with Gasteiger partial charge in [0, 0.05) is 6.54 Å². The molecule has 0 bridgehead atoms. The van der Waals surface area contributed by atoms with E-state index in [1.165, 1.54) is 17.9 Å². The van der Waals surface area contributed by atoms with Crippen LogP contribution in [0.5, 0.6) is 6.01 Å². The van der Waals surface area contributed by atoms with Crippen LogP contribution in [0, 0.1) is 5.92 Å². The first-order chi connectivity index (χ1) is 8.28. The molecule has 1 atom stereocenters. The molecule has 0 aromatic carbocycles. The zero-order chi connectivity index (χ0) is 12.1. The Balaban J connectivity index is 1.94. The van der Waals surface area contributed by atoms with Crippen molar-refractivity contribution in [3.63, 3.8) is 0 Å². The molecule has 0 amide bonds. The Bertz CT molecular complexity index is 373. The van der Waals surface area contributed by atoms with Crippen LogP contribution >= 0.6 is 23.4 Å². The molecule has 0 radical (unpaired) electrons. The quantitative estimate of drug-likeness (QED) is 0.887. The van der Waals surface area contributed by atoms with Crippen molar-refractivity contribution >= 4 is 29.3 Å². The topological polar surface area (TPSA) is 59.9 Å². The number of rotatable bonds is 5. The molecule has 2 rings (SSSR count). The van der Waals surface area contributed by atoms with Gasteiger partial charge in [0.05, 0.1) is 6.61 Å².